The van der Waals surface area contributed by atoms with Crippen molar-refractivity contribution in [3.8, 4) is 0 Å². The molecule has 2 N–H and O–H groups in total. The number of carboxylic acids is 2. The van der Waals surface area contributed by atoms with Crippen molar-refractivity contribution >= 4 is 11.9 Å². The highest BCUT2D eigenvalue weighted by Crippen LogP contribution is 2.65. The van der Waals surface area contributed by atoms with Crippen LogP contribution in [0.25, 0.3) is 0 Å². The lowest BCUT2D eigenvalue weighted by molar-refractivity contribution is -0.267. The van der Waals surface area contributed by atoms with Crippen molar-refractivity contribution in [2.75, 3.05) is 0 Å². The van der Waals surface area contributed by atoms with Crippen LogP contribution in [-0.4, -0.2) is 33.4 Å². The maximum absolute atomic E-state index is 12.0. The van der Waals surface area contributed by atoms with E-state index in [1.807, 2.05) is 13.8 Å². The Balaban J connectivity index is 1.92. The third kappa shape index (κ3) is 2.79. The molecular formula is C20H32O5. The summed E-state index contributed by atoms with van der Waals surface area (Å²) in [6.07, 6.45) is 6.07. The van der Waals surface area contributed by atoms with Gasteiger partial charge in [0.1, 0.15) is 0 Å². The van der Waals surface area contributed by atoms with E-state index in [1.165, 1.54) is 0 Å². The van der Waals surface area contributed by atoms with E-state index >= 15 is 0 Å². The van der Waals surface area contributed by atoms with E-state index < -0.39 is 23.0 Å². The highest BCUT2D eigenvalue weighted by molar-refractivity contribution is 5.75. The molecule has 2 aliphatic carbocycles. The summed E-state index contributed by atoms with van der Waals surface area (Å²) in [7, 11) is 0. The second-order valence-corrected chi connectivity index (χ2v) is 9.70. The molecule has 1 saturated heterocycles. The summed E-state index contributed by atoms with van der Waals surface area (Å²) in [6.45, 7) is 8.24. The number of hydrogen-bond acceptors (Lipinski definition) is 3. The van der Waals surface area contributed by atoms with Crippen LogP contribution in [0.2, 0.25) is 0 Å². The quantitative estimate of drug-likeness (QED) is 0.799. The molecule has 1 aliphatic heterocycles. The third-order valence-electron chi connectivity index (χ3n) is 7.89. The van der Waals surface area contributed by atoms with Crippen molar-refractivity contribution in [2.45, 2.75) is 90.3 Å². The molecule has 2 saturated carbocycles. The minimum Gasteiger partial charge on any atom is -0.481 e. The maximum Gasteiger partial charge on any atom is 0.309 e. The van der Waals surface area contributed by atoms with Gasteiger partial charge in [-0.2, -0.15) is 0 Å². The zero-order chi connectivity index (χ0) is 18.7. The molecule has 1 heterocycles. The largest absolute Gasteiger partial charge is 0.481 e. The second-order valence-electron chi connectivity index (χ2n) is 9.70. The van der Waals surface area contributed by atoms with E-state index in [4.69, 9.17) is 4.74 Å². The van der Waals surface area contributed by atoms with Crippen LogP contribution in [0.1, 0.15) is 79.1 Å². The van der Waals surface area contributed by atoms with Gasteiger partial charge < -0.3 is 14.9 Å². The molecule has 3 fully saturated rings. The van der Waals surface area contributed by atoms with Gasteiger partial charge in [0.2, 0.25) is 0 Å². The Morgan fingerprint density at radius 3 is 2.20 bits per heavy atom. The summed E-state index contributed by atoms with van der Waals surface area (Å²) in [4.78, 5) is 23.3. The Labute approximate surface area is 150 Å². The summed E-state index contributed by atoms with van der Waals surface area (Å²) < 4.78 is 6.49. The molecule has 6 atom stereocenters. The van der Waals surface area contributed by atoms with Gasteiger partial charge in [0.15, 0.2) is 0 Å². The molecule has 0 aromatic rings. The van der Waals surface area contributed by atoms with Gasteiger partial charge in [-0.25, -0.2) is 0 Å². The molecule has 5 heteroatoms. The lowest BCUT2D eigenvalue weighted by Crippen LogP contribution is -2.64. The molecular weight excluding hydrogens is 320 g/mol. The predicted molar refractivity (Wildman–Crippen MR) is 93.3 cm³/mol. The minimum absolute atomic E-state index is 0.0301. The van der Waals surface area contributed by atoms with Crippen LogP contribution in [0, 0.1) is 22.7 Å². The first-order chi connectivity index (χ1) is 11.5. The molecule has 5 nitrogen and oxygen atoms in total. The molecule has 0 aromatic carbocycles. The van der Waals surface area contributed by atoms with Crippen molar-refractivity contribution in [1.29, 1.82) is 0 Å². The molecule has 0 amide bonds. The standard InChI is InChI=1S/C20H32O5/c1-17(12-15(21)22)10-6-14-18(2)8-5-9-19(3,16(23)24)13(18)7-11-20(14,4)25-17/h13-14H,5-12H2,1-4H3,(H,21,22)(H,23,24)/t13-,14-,17+,18+,19-,20-/m1/s1. The van der Waals surface area contributed by atoms with Crippen molar-refractivity contribution < 1.29 is 24.5 Å². The maximum atomic E-state index is 12.0. The van der Waals surface area contributed by atoms with Gasteiger partial charge in [-0.3, -0.25) is 9.59 Å². The van der Waals surface area contributed by atoms with Crippen LogP contribution >= 0.6 is 0 Å². The molecule has 3 aliphatic rings. The fraction of sp³-hybridized carbons (Fsp3) is 0.900. The normalized spacial score (nSPS) is 49.8. The van der Waals surface area contributed by atoms with Gasteiger partial charge >= 0.3 is 11.9 Å². The van der Waals surface area contributed by atoms with Gasteiger partial charge in [0.25, 0.3) is 0 Å². The lowest BCUT2D eigenvalue weighted by atomic mass is 9.44. The number of rotatable bonds is 3. The average Bonchev–Trinajstić information content (AvgIpc) is 2.44. The van der Waals surface area contributed by atoms with E-state index in [9.17, 15) is 19.8 Å². The first-order valence-electron chi connectivity index (χ1n) is 9.61. The fourth-order valence-corrected chi connectivity index (χ4v) is 6.80. The number of fused-ring (bicyclic) bond motifs is 3. The highest BCUT2D eigenvalue weighted by atomic mass is 16.5. The number of carboxylic acid groups (broad SMARTS) is 2. The van der Waals surface area contributed by atoms with Crippen LogP contribution < -0.4 is 0 Å². The SMILES string of the molecule is C[C@@]1(CC(=O)O)CC[C@@H]2[C@@]3(C)CCC[C@@](C)(C(=O)O)[C@@H]3CC[C@@]2(C)O1. The Hall–Kier alpha value is -1.10. The zero-order valence-electron chi connectivity index (χ0n) is 15.9. The third-order valence-corrected chi connectivity index (χ3v) is 7.89. The molecule has 0 aromatic heterocycles. The monoisotopic (exact) mass is 352 g/mol. The predicted octanol–water partition coefficient (Wildman–Crippen LogP) is 4.10. The van der Waals surface area contributed by atoms with Gasteiger partial charge in [-0.05, 0) is 76.5 Å². The Bertz CT molecular complexity index is 589. The van der Waals surface area contributed by atoms with E-state index in [-0.39, 0.29) is 23.4 Å². The van der Waals surface area contributed by atoms with Crippen LogP contribution in [0.4, 0.5) is 0 Å². The van der Waals surface area contributed by atoms with E-state index in [0.29, 0.717) is 5.92 Å². The smallest absolute Gasteiger partial charge is 0.309 e. The fourth-order valence-electron chi connectivity index (χ4n) is 6.80. The Morgan fingerprint density at radius 1 is 0.960 bits per heavy atom. The summed E-state index contributed by atoms with van der Waals surface area (Å²) in [5, 5.41) is 19.1. The first-order valence-corrected chi connectivity index (χ1v) is 9.61. The van der Waals surface area contributed by atoms with Crippen molar-refractivity contribution in [1.82, 2.24) is 0 Å². The summed E-state index contributed by atoms with van der Waals surface area (Å²) in [5.41, 5.74) is -1.69. The number of carbonyl (C=O) groups is 2. The minimum atomic E-state index is -0.819. The Kier molecular flexibility index (Phi) is 4.26. The molecule has 25 heavy (non-hydrogen) atoms. The van der Waals surface area contributed by atoms with Gasteiger partial charge in [0, 0.05) is 0 Å². The van der Waals surface area contributed by atoms with E-state index in [2.05, 4.69) is 13.8 Å². The Morgan fingerprint density at radius 2 is 1.60 bits per heavy atom. The van der Waals surface area contributed by atoms with Crippen LogP contribution in [0.3, 0.4) is 0 Å². The molecule has 3 rings (SSSR count). The number of aliphatic carboxylic acids is 2. The second kappa shape index (κ2) is 5.70. The van der Waals surface area contributed by atoms with E-state index in [1.54, 1.807) is 0 Å². The highest BCUT2D eigenvalue weighted by Gasteiger charge is 2.64. The zero-order valence-corrected chi connectivity index (χ0v) is 15.9. The van der Waals surface area contributed by atoms with Crippen molar-refractivity contribution in [2.24, 2.45) is 22.7 Å². The molecule has 0 spiro atoms. The topological polar surface area (TPSA) is 83.8 Å². The molecule has 0 bridgehead atoms. The van der Waals surface area contributed by atoms with Gasteiger partial charge in [-0.1, -0.05) is 13.3 Å². The summed E-state index contributed by atoms with van der Waals surface area (Å²) >= 11 is 0. The summed E-state index contributed by atoms with van der Waals surface area (Å²) in [6, 6.07) is 0. The van der Waals surface area contributed by atoms with Crippen LogP contribution in [0.5, 0.6) is 0 Å². The summed E-state index contributed by atoms with van der Waals surface area (Å²) in [5.74, 6) is -1.03. The first kappa shape index (κ1) is 18.7. The van der Waals surface area contributed by atoms with Crippen molar-refractivity contribution in [3.05, 3.63) is 0 Å². The van der Waals surface area contributed by atoms with E-state index in [0.717, 1.165) is 44.9 Å². The van der Waals surface area contributed by atoms with Crippen LogP contribution in [0.15, 0.2) is 0 Å². The molecule has 0 radical (unpaired) electrons. The van der Waals surface area contributed by atoms with Crippen molar-refractivity contribution in [3.63, 3.8) is 0 Å². The molecule has 142 valence electrons. The number of hydrogen-bond donors (Lipinski definition) is 2. The van der Waals surface area contributed by atoms with Gasteiger partial charge in [0.05, 0.1) is 23.0 Å². The van der Waals surface area contributed by atoms with Crippen LogP contribution in [-0.2, 0) is 14.3 Å². The number of ether oxygens (including phenoxy) is 1. The lowest BCUT2D eigenvalue weighted by Gasteiger charge is -2.64. The van der Waals surface area contributed by atoms with Gasteiger partial charge in [-0.15, -0.1) is 0 Å². The average molecular weight is 352 g/mol. The molecule has 0 unspecified atom stereocenters.